The van der Waals surface area contributed by atoms with Gasteiger partial charge in [0.2, 0.25) is 0 Å². The normalized spacial score (nSPS) is 53.4. The SMILES string of the molecule is CC1C[C@H]2CC[C@H](O)[C@H]2N1. The van der Waals surface area contributed by atoms with Crippen molar-refractivity contribution < 1.29 is 5.11 Å². The van der Waals surface area contributed by atoms with Crippen molar-refractivity contribution >= 4 is 0 Å². The highest BCUT2D eigenvalue weighted by Gasteiger charge is 2.40. The van der Waals surface area contributed by atoms with Gasteiger partial charge in [0.05, 0.1) is 6.10 Å². The number of aliphatic hydroxyl groups excluding tert-OH is 1. The molecule has 10 heavy (non-hydrogen) atoms. The van der Waals surface area contributed by atoms with Gasteiger partial charge in [-0.25, -0.2) is 0 Å². The molecule has 0 aromatic carbocycles. The molecule has 1 unspecified atom stereocenters. The van der Waals surface area contributed by atoms with Gasteiger partial charge < -0.3 is 10.4 Å². The van der Waals surface area contributed by atoms with Crippen LogP contribution in [-0.4, -0.2) is 23.3 Å². The fraction of sp³-hybridized carbons (Fsp3) is 1.00. The monoisotopic (exact) mass is 141 g/mol. The first-order valence-corrected chi connectivity index (χ1v) is 4.21. The number of rotatable bonds is 0. The molecule has 2 aliphatic rings. The van der Waals surface area contributed by atoms with E-state index in [0.29, 0.717) is 12.1 Å². The molecule has 2 fully saturated rings. The van der Waals surface area contributed by atoms with Crippen molar-refractivity contribution in [1.29, 1.82) is 0 Å². The zero-order valence-corrected chi connectivity index (χ0v) is 6.38. The lowest BCUT2D eigenvalue weighted by Gasteiger charge is -2.13. The summed E-state index contributed by atoms with van der Waals surface area (Å²) in [6, 6.07) is 1.06. The molecular formula is C8H15NO. The molecule has 1 heterocycles. The van der Waals surface area contributed by atoms with Crippen LogP contribution in [-0.2, 0) is 0 Å². The summed E-state index contributed by atoms with van der Waals surface area (Å²) in [4.78, 5) is 0. The molecule has 0 aromatic heterocycles. The first-order valence-electron chi connectivity index (χ1n) is 4.21. The molecule has 0 aromatic rings. The second kappa shape index (κ2) is 2.21. The van der Waals surface area contributed by atoms with Crippen LogP contribution in [0.1, 0.15) is 26.2 Å². The lowest BCUT2D eigenvalue weighted by Crippen LogP contribution is -2.36. The maximum atomic E-state index is 9.45. The third kappa shape index (κ3) is 0.867. The maximum absolute atomic E-state index is 9.45. The van der Waals surface area contributed by atoms with Gasteiger partial charge in [0.1, 0.15) is 0 Å². The van der Waals surface area contributed by atoms with E-state index in [0.717, 1.165) is 12.3 Å². The van der Waals surface area contributed by atoms with Crippen molar-refractivity contribution in [2.75, 3.05) is 0 Å². The zero-order chi connectivity index (χ0) is 7.14. The Morgan fingerprint density at radius 2 is 2.20 bits per heavy atom. The van der Waals surface area contributed by atoms with Gasteiger partial charge in [-0.2, -0.15) is 0 Å². The Morgan fingerprint density at radius 3 is 2.90 bits per heavy atom. The minimum absolute atomic E-state index is 0.0602. The van der Waals surface area contributed by atoms with Crippen molar-refractivity contribution in [3.63, 3.8) is 0 Å². The van der Waals surface area contributed by atoms with Crippen LogP contribution in [0.4, 0.5) is 0 Å². The number of hydrogen-bond donors (Lipinski definition) is 2. The number of nitrogens with one attached hydrogen (secondary N) is 1. The van der Waals surface area contributed by atoms with Gasteiger partial charge in [-0.3, -0.25) is 0 Å². The van der Waals surface area contributed by atoms with Gasteiger partial charge in [-0.15, -0.1) is 0 Å². The molecule has 2 nitrogen and oxygen atoms in total. The Balaban J connectivity index is 2.05. The summed E-state index contributed by atoms with van der Waals surface area (Å²) < 4.78 is 0. The average molecular weight is 141 g/mol. The smallest absolute Gasteiger partial charge is 0.0696 e. The molecule has 0 amide bonds. The summed E-state index contributed by atoms with van der Waals surface area (Å²) >= 11 is 0. The second-order valence-corrected chi connectivity index (χ2v) is 3.73. The third-order valence-electron chi connectivity index (χ3n) is 2.89. The molecule has 0 bridgehead atoms. The number of aliphatic hydroxyl groups is 1. The van der Waals surface area contributed by atoms with Crippen LogP contribution in [0.2, 0.25) is 0 Å². The number of fused-ring (bicyclic) bond motifs is 1. The predicted molar refractivity (Wildman–Crippen MR) is 39.7 cm³/mol. The van der Waals surface area contributed by atoms with E-state index in [2.05, 4.69) is 12.2 Å². The van der Waals surface area contributed by atoms with E-state index in [-0.39, 0.29) is 6.10 Å². The van der Waals surface area contributed by atoms with Gasteiger partial charge in [-0.05, 0) is 32.1 Å². The summed E-state index contributed by atoms with van der Waals surface area (Å²) in [5.41, 5.74) is 0. The van der Waals surface area contributed by atoms with Gasteiger partial charge in [0, 0.05) is 12.1 Å². The molecular weight excluding hydrogens is 126 g/mol. The highest BCUT2D eigenvalue weighted by molar-refractivity contribution is 4.97. The summed E-state index contributed by atoms with van der Waals surface area (Å²) in [7, 11) is 0. The van der Waals surface area contributed by atoms with E-state index in [1.165, 1.54) is 12.8 Å². The molecule has 1 saturated carbocycles. The summed E-state index contributed by atoms with van der Waals surface area (Å²) in [5, 5.41) is 12.9. The first kappa shape index (κ1) is 6.62. The minimum atomic E-state index is -0.0602. The third-order valence-corrected chi connectivity index (χ3v) is 2.89. The van der Waals surface area contributed by atoms with Gasteiger partial charge >= 0.3 is 0 Å². The van der Waals surface area contributed by atoms with Crippen LogP contribution in [0.5, 0.6) is 0 Å². The van der Waals surface area contributed by atoms with Crippen LogP contribution < -0.4 is 5.32 Å². The molecule has 1 saturated heterocycles. The Hall–Kier alpha value is -0.0800. The molecule has 2 N–H and O–H groups in total. The van der Waals surface area contributed by atoms with Crippen molar-refractivity contribution in [1.82, 2.24) is 5.32 Å². The van der Waals surface area contributed by atoms with Crippen molar-refractivity contribution in [3.8, 4) is 0 Å². The lowest BCUT2D eigenvalue weighted by molar-refractivity contribution is 0.149. The van der Waals surface area contributed by atoms with Crippen LogP contribution in [0, 0.1) is 5.92 Å². The predicted octanol–water partition coefficient (Wildman–Crippen LogP) is 0.508. The molecule has 1 aliphatic carbocycles. The minimum Gasteiger partial charge on any atom is -0.391 e. The zero-order valence-electron chi connectivity index (χ0n) is 6.38. The Kier molecular flexibility index (Phi) is 1.46. The fourth-order valence-corrected chi connectivity index (χ4v) is 2.42. The molecule has 58 valence electrons. The topological polar surface area (TPSA) is 32.3 Å². The van der Waals surface area contributed by atoms with E-state index < -0.39 is 0 Å². The Morgan fingerprint density at radius 1 is 1.40 bits per heavy atom. The van der Waals surface area contributed by atoms with Gasteiger partial charge in [0.15, 0.2) is 0 Å². The van der Waals surface area contributed by atoms with Crippen LogP contribution in [0.15, 0.2) is 0 Å². The average Bonchev–Trinajstić information content (AvgIpc) is 2.35. The highest BCUT2D eigenvalue weighted by atomic mass is 16.3. The van der Waals surface area contributed by atoms with E-state index in [1.807, 2.05) is 0 Å². The van der Waals surface area contributed by atoms with Crippen molar-refractivity contribution in [2.45, 2.75) is 44.4 Å². The molecule has 2 heteroatoms. The van der Waals surface area contributed by atoms with E-state index in [4.69, 9.17) is 0 Å². The molecule has 4 atom stereocenters. The molecule has 1 aliphatic heterocycles. The van der Waals surface area contributed by atoms with Gasteiger partial charge in [-0.1, -0.05) is 0 Å². The second-order valence-electron chi connectivity index (χ2n) is 3.73. The first-order chi connectivity index (χ1) is 4.77. The Labute approximate surface area is 61.6 Å². The molecule has 2 rings (SSSR count). The van der Waals surface area contributed by atoms with Crippen LogP contribution >= 0.6 is 0 Å². The van der Waals surface area contributed by atoms with Crippen LogP contribution in [0.3, 0.4) is 0 Å². The van der Waals surface area contributed by atoms with Crippen molar-refractivity contribution in [3.05, 3.63) is 0 Å². The fourth-order valence-electron chi connectivity index (χ4n) is 2.42. The summed E-state index contributed by atoms with van der Waals surface area (Å²) in [6.45, 7) is 2.20. The van der Waals surface area contributed by atoms with E-state index in [1.54, 1.807) is 0 Å². The van der Waals surface area contributed by atoms with E-state index >= 15 is 0 Å². The number of hydrogen-bond acceptors (Lipinski definition) is 2. The van der Waals surface area contributed by atoms with E-state index in [9.17, 15) is 5.11 Å². The maximum Gasteiger partial charge on any atom is 0.0696 e. The van der Waals surface area contributed by atoms with Crippen LogP contribution in [0.25, 0.3) is 0 Å². The van der Waals surface area contributed by atoms with Gasteiger partial charge in [0.25, 0.3) is 0 Å². The Bertz CT molecular complexity index is 137. The molecule has 0 radical (unpaired) electrons. The largest absolute Gasteiger partial charge is 0.391 e. The molecule has 0 spiro atoms. The van der Waals surface area contributed by atoms with Crippen molar-refractivity contribution in [2.24, 2.45) is 5.92 Å². The summed E-state index contributed by atoms with van der Waals surface area (Å²) in [5.74, 6) is 0.769. The highest BCUT2D eigenvalue weighted by Crippen LogP contribution is 2.34. The summed E-state index contributed by atoms with van der Waals surface area (Å²) in [6.07, 6.45) is 3.44. The quantitative estimate of drug-likeness (QED) is 0.515. The lowest BCUT2D eigenvalue weighted by atomic mass is 10.0. The standard InChI is InChI=1S/C8H15NO/c1-5-4-6-2-3-7(10)8(6)9-5/h5-10H,2-4H2,1H3/t5?,6-,7+,8+/m1/s1.